The monoisotopic (exact) mass is 453 g/mol. The summed E-state index contributed by atoms with van der Waals surface area (Å²) in [6.07, 6.45) is 9.97. The zero-order valence-corrected chi connectivity index (χ0v) is 18.7. The van der Waals surface area contributed by atoms with Gasteiger partial charge in [0.2, 0.25) is 0 Å². The number of ether oxygens (including phenoxy) is 2. The summed E-state index contributed by atoms with van der Waals surface area (Å²) in [6, 6.07) is 10.5. The van der Waals surface area contributed by atoms with Gasteiger partial charge in [-0.15, -0.1) is 0 Å². The highest BCUT2D eigenvalue weighted by molar-refractivity contribution is 5.85. The highest BCUT2D eigenvalue weighted by Gasteiger charge is 2.49. The van der Waals surface area contributed by atoms with Crippen LogP contribution in [0.5, 0.6) is 11.8 Å². The third-order valence-corrected chi connectivity index (χ3v) is 6.63. The molecule has 2 saturated heterocycles. The lowest BCUT2D eigenvalue weighted by atomic mass is 9.68. The number of piperidine rings is 2. The summed E-state index contributed by atoms with van der Waals surface area (Å²) in [7, 11) is 0. The summed E-state index contributed by atoms with van der Waals surface area (Å²) < 4.78 is 13.5. The van der Waals surface area contributed by atoms with E-state index in [9.17, 15) is 5.26 Å². The summed E-state index contributed by atoms with van der Waals surface area (Å²) in [5.74, 6) is 2.53. The summed E-state index contributed by atoms with van der Waals surface area (Å²) in [5, 5.41) is 13.9. The second-order valence-corrected chi connectivity index (χ2v) is 8.67. The Balaban J connectivity index is 1.23. The Morgan fingerprint density at radius 2 is 1.94 bits per heavy atom. The van der Waals surface area contributed by atoms with Gasteiger partial charge in [-0.1, -0.05) is 0 Å². The molecule has 34 heavy (non-hydrogen) atoms. The number of hydrogen-bond donors (Lipinski definition) is 0. The number of pyridine rings is 2. The van der Waals surface area contributed by atoms with Gasteiger partial charge in [-0.05, 0) is 37.6 Å². The van der Waals surface area contributed by atoms with Gasteiger partial charge in [-0.2, -0.15) is 10.4 Å². The van der Waals surface area contributed by atoms with Gasteiger partial charge in [-0.3, -0.25) is 0 Å². The molecule has 3 aliphatic rings. The second-order valence-electron chi connectivity index (χ2n) is 8.67. The van der Waals surface area contributed by atoms with Crippen LogP contribution in [0.4, 0.5) is 5.82 Å². The fourth-order valence-electron chi connectivity index (χ4n) is 5.07. The lowest BCUT2D eigenvalue weighted by Crippen LogP contribution is -2.60. The van der Waals surface area contributed by atoms with E-state index in [4.69, 9.17) is 14.5 Å². The van der Waals surface area contributed by atoms with Crippen LogP contribution in [-0.2, 0) is 0 Å². The number of nitriles is 1. The molecule has 6 heterocycles. The summed E-state index contributed by atoms with van der Waals surface area (Å²) in [6.45, 7) is 4.28. The van der Waals surface area contributed by atoms with Crippen molar-refractivity contribution in [2.45, 2.75) is 19.4 Å². The Bertz CT molecular complexity index is 1350. The molecule has 1 aliphatic carbocycles. The molecular formula is C25H23N7O2. The fourth-order valence-corrected chi connectivity index (χ4v) is 5.07. The van der Waals surface area contributed by atoms with E-state index in [1.165, 1.54) is 0 Å². The molecule has 0 amide bonds. The molecule has 2 bridgehead atoms. The van der Waals surface area contributed by atoms with Crippen LogP contribution < -0.4 is 14.4 Å². The van der Waals surface area contributed by atoms with E-state index in [1.807, 2.05) is 31.3 Å². The third kappa shape index (κ3) is 3.48. The molecule has 3 fully saturated rings. The Labute approximate surface area is 196 Å². The summed E-state index contributed by atoms with van der Waals surface area (Å²) >= 11 is 0. The molecule has 4 aromatic rings. The van der Waals surface area contributed by atoms with Gasteiger partial charge in [-0.25, -0.2) is 19.5 Å². The molecule has 170 valence electrons. The number of aromatic nitrogens is 5. The van der Waals surface area contributed by atoms with Crippen LogP contribution in [0.25, 0.3) is 16.6 Å². The minimum atomic E-state index is 0.166. The lowest BCUT2D eigenvalue weighted by Gasteiger charge is -2.52. The van der Waals surface area contributed by atoms with Crippen LogP contribution in [-0.4, -0.2) is 50.4 Å². The first kappa shape index (κ1) is 20.4. The number of rotatable bonds is 6. The van der Waals surface area contributed by atoms with Crippen LogP contribution in [0.2, 0.25) is 0 Å². The number of hydrogen-bond acceptors (Lipinski definition) is 8. The molecule has 1 saturated carbocycles. The van der Waals surface area contributed by atoms with Crippen molar-refractivity contribution in [2.75, 3.05) is 24.6 Å². The quantitative estimate of drug-likeness (QED) is 0.438. The predicted octanol–water partition coefficient (Wildman–Crippen LogP) is 3.36. The normalized spacial score (nSPS) is 21.1. The largest absolute Gasteiger partial charge is 0.492 e. The van der Waals surface area contributed by atoms with Gasteiger partial charge in [0, 0.05) is 54.6 Å². The van der Waals surface area contributed by atoms with Crippen molar-refractivity contribution in [3.8, 4) is 29.0 Å². The molecule has 1 unspecified atom stereocenters. The van der Waals surface area contributed by atoms with E-state index in [0.29, 0.717) is 35.8 Å². The first-order chi connectivity index (χ1) is 16.7. The van der Waals surface area contributed by atoms with Crippen LogP contribution in [0.3, 0.4) is 0 Å². The molecule has 0 radical (unpaired) electrons. The lowest BCUT2D eigenvalue weighted by molar-refractivity contribution is -0.0396. The average molecular weight is 454 g/mol. The van der Waals surface area contributed by atoms with E-state index in [2.05, 4.69) is 26.0 Å². The van der Waals surface area contributed by atoms with Crippen LogP contribution in [0.1, 0.15) is 18.9 Å². The fraction of sp³-hybridized carbons (Fsp3) is 0.320. The van der Waals surface area contributed by atoms with E-state index in [0.717, 1.165) is 42.0 Å². The number of anilines is 1. The Morgan fingerprint density at radius 3 is 2.65 bits per heavy atom. The van der Waals surface area contributed by atoms with Crippen molar-refractivity contribution in [3.05, 3.63) is 60.8 Å². The van der Waals surface area contributed by atoms with E-state index in [1.54, 1.807) is 35.4 Å². The maximum atomic E-state index is 9.55. The average Bonchev–Trinajstić information content (AvgIpc) is 3.31. The minimum absolute atomic E-state index is 0.166. The molecule has 4 aromatic heterocycles. The molecule has 0 aromatic carbocycles. The Hall–Kier alpha value is -4.19. The van der Waals surface area contributed by atoms with Gasteiger partial charge in [0.15, 0.2) is 0 Å². The van der Waals surface area contributed by atoms with Gasteiger partial charge in [0.1, 0.15) is 23.7 Å². The molecule has 0 N–H and O–H groups in total. The van der Waals surface area contributed by atoms with E-state index >= 15 is 0 Å². The SMILES string of the molecule is CCOc1cc(-c2ccc(N3C[C@H]4C[C@@H](C3)C4Oc3ncccn3)nc2)c2c(C#N)cnn2c1. The molecule has 7 rings (SSSR count). The van der Waals surface area contributed by atoms with Gasteiger partial charge >= 0.3 is 6.01 Å². The summed E-state index contributed by atoms with van der Waals surface area (Å²) in [5.41, 5.74) is 3.06. The molecule has 9 nitrogen and oxygen atoms in total. The molecule has 0 spiro atoms. The summed E-state index contributed by atoms with van der Waals surface area (Å²) in [4.78, 5) is 15.5. The molecular weight excluding hydrogens is 430 g/mol. The van der Waals surface area contributed by atoms with Crippen molar-refractivity contribution in [1.29, 1.82) is 5.26 Å². The molecule has 9 heteroatoms. The maximum Gasteiger partial charge on any atom is 0.316 e. The highest BCUT2D eigenvalue weighted by atomic mass is 16.5. The van der Waals surface area contributed by atoms with Crippen molar-refractivity contribution in [2.24, 2.45) is 11.8 Å². The zero-order valence-electron chi connectivity index (χ0n) is 18.7. The standard InChI is InChI=1S/C25H23N7O2/c1-2-33-20-9-21(23-19(10-26)12-30-32(23)15-20)16-4-5-22(29-11-16)31-13-17-8-18(14-31)24(17)34-25-27-6-3-7-28-25/h3-7,9,11-12,15,17-18,24H,2,8,13-14H2,1H3/t17-,18+,24?. The predicted molar refractivity (Wildman–Crippen MR) is 125 cm³/mol. The third-order valence-electron chi connectivity index (χ3n) is 6.63. The van der Waals surface area contributed by atoms with E-state index < -0.39 is 0 Å². The van der Waals surface area contributed by atoms with Gasteiger partial charge in [0.05, 0.1) is 30.1 Å². The van der Waals surface area contributed by atoms with Crippen LogP contribution >= 0.6 is 0 Å². The van der Waals surface area contributed by atoms with E-state index in [-0.39, 0.29) is 6.10 Å². The van der Waals surface area contributed by atoms with Crippen molar-refractivity contribution in [1.82, 2.24) is 24.6 Å². The minimum Gasteiger partial charge on any atom is -0.492 e. The second kappa shape index (κ2) is 8.30. The topological polar surface area (TPSA) is 101 Å². The Morgan fingerprint density at radius 1 is 1.12 bits per heavy atom. The first-order valence-corrected chi connectivity index (χ1v) is 11.4. The molecule has 2 aliphatic heterocycles. The van der Waals surface area contributed by atoms with Gasteiger partial charge < -0.3 is 14.4 Å². The smallest absolute Gasteiger partial charge is 0.316 e. The highest BCUT2D eigenvalue weighted by Crippen LogP contribution is 2.43. The molecule has 3 atom stereocenters. The zero-order chi connectivity index (χ0) is 23.1. The van der Waals surface area contributed by atoms with Crippen LogP contribution in [0, 0.1) is 23.2 Å². The van der Waals surface area contributed by atoms with Crippen molar-refractivity contribution in [3.63, 3.8) is 0 Å². The van der Waals surface area contributed by atoms with Crippen molar-refractivity contribution < 1.29 is 9.47 Å². The Kier molecular flexibility index (Phi) is 4.99. The number of nitrogens with zero attached hydrogens (tertiary/aromatic N) is 7. The number of fused-ring (bicyclic) bond motifs is 3. The first-order valence-electron chi connectivity index (χ1n) is 11.4. The maximum absolute atomic E-state index is 9.55. The van der Waals surface area contributed by atoms with Gasteiger partial charge in [0.25, 0.3) is 0 Å². The van der Waals surface area contributed by atoms with Crippen molar-refractivity contribution >= 4 is 11.3 Å². The van der Waals surface area contributed by atoms with Crippen LogP contribution in [0.15, 0.2) is 55.2 Å².